The predicted molar refractivity (Wildman–Crippen MR) is 64.0 cm³/mol. The second-order valence-electron chi connectivity index (χ2n) is 4.11. The normalized spacial score (nSPS) is 11.0. The first-order valence-corrected chi connectivity index (χ1v) is 5.29. The van der Waals surface area contributed by atoms with Crippen LogP contribution in [-0.2, 0) is 0 Å². The minimum absolute atomic E-state index is 0.204. The van der Waals surface area contributed by atoms with Gasteiger partial charge in [0.15, 0.2) is 0 Å². The number of aromatic nitrogens is 1. The molecule has 84 valence electrons. The maximum atomic E-state index is 9.81. The Labute approximate surface area is 94.7 Å². The summed E-state index contributed by atoms with van der Waals surface area (Å²) in [6.45, 7) is 4.02. The molecule has 1 aromatic carbocycles. The summed E-state index contributed by atoms with van der Waals surface area (Å²) in [4.78, 5) is 4.45. The lowest BCUT2D eigenvalue weighted by molar-refractivity contribution is 0.415. The average molecular weight is 217 g/mol. The van der Waals surface area contributed by atoms with Crippen LogP contribution < -0.4 is 4.74 Å². The zero-order valence-electron chi connectivity index (χ0n) is 9.69. The van der Waals surface area contributed by atoms with E-state index in [1.165, 1.54) is 0 Å². The number of aromatic hydroxyl groups is 1. The van der Waals surface area contributed by atoms with E-state index in [-0.39, 0.29) is 11.7 Å². The molecule has 16 heavy (non-hydrogen) atoms. The van der Waals surface area contributed by atoms with E-state index in [2.05, 4.69) is 4.98 Å². The average Bonchev–Trinajstić information content (AvgIpc) is 2.27. The third-order valence-electron chi connectivity index (χ3n) is 2.58. The highest BCUT2D eigenvalue weighted by molar-refractivity contribution is 5.81. The van der Waals surface area contributed by atoms with Crippen LogP contribution >= 0.6 is 0 Å². The molecule has 0 saturated carbocycles. The van der Waals surface area contributed by atoms with Crippen LogP contribution in [0.25, 0.3) is 10.9 Å². The van der Waals surface area contributed by atoms with Crippen molar-refractivity contribution in [2.24, 2.45) is 0 Å². The van der Waals surface area contributed by atoms with Gasteiger partial charge < -0.3 is 9.84 Å². The van der Waals surface area contributed by atoms with Crippen molar-refractivity contribution in [1.29, 1.82) is 0 Å². The van der Waals surface area contributed by atoms with E-state index in [4.69, 9.17) is 4.74 Å². The lowest BCUT2D eigenvalue weighted by Gasteiger charge is -2.09. The zero-order valence-corrected chi connectivity index (χ0v) is 9.69. The van der Waals surface area contributed by atoms with Crippen molar-refractivity contribution in [1.82, 2.24) is 4.98 Å². The van der Waals surface area contributed by atoms with Crippen molar-refractivity contribution in [2.75, 3.05) is 7.11 Å². The van der Waals surface area contributed by atoms with Crippen molar-refractivity contribution in [2.45, 2.75) is 19.8 Å². The second kappa shape index (κ2) is 4.00. The van der Waals surface area contributed by atoms with Gasteiger partial charge in [0, 0.05) is 11.5 Å². The van der Waals surface area contributed by atoms with Crippen molar-refractivity contribution < 1.29 is 9.84 Å². The van der Waals surface area contributed by atoms with E-state index in [0.717, 1.165) is 22.3 Å². The fourth-order valence-corrected chi connectivity index (χ4v) is 1.70. The predicted octanol–water partition coefficient (Wildman–Crippen LogP) is 3.07. The van der Waals surface area contributed by atoms with Gasteiger partial charge in [0.05, 0.1) is 18.3 Å². The maximum absolute atomic E-state index is 9.81. The molecule has 1 heterocycles. The van der Waals surface area contributed by atoms with Gasteiger partial charge in [-0.25, -0.2) is 4.98 Å². The molecule has 0 aliphatic carbocycles. The quantitative estimate of drug-likeness (QED) is 0.840. The number of hydrogen-bond donors (Lipinski definition) is 1. The van der Waals surface area contributed by atoms with Gasteiger partial charge in [0.1, 0.15) is 11.5 Å². The molecule has 3 heteroatoms. The zero-order chi connectivity index (χ0) is 11.7. The van der Waals surface area contributed by atoms with Crippen molar-refractivity contribution in [3.05, 3.63) is 30.0 Å². The Hall–Kier alpha value is -1.77. The molecular formula is C13H15NO2. The van der Waals surface area contributed by atoms with Crippen LogP contribution in [0.15, 0.2) is 24.3 Å². The topological polar surface area (TPSA) is 42.4 Å². The number of benzene rings is 1. The lowest BCUT2D eigenvalue weighted by atomic mass is 10.1. The van der Waals surface area contributed by atoms with E-state index in [9.17, 15) is 5.11 Å². The molecular weight excluding hydrogens is 202 g/mol. The molecule has 0 bridgehead atoms. The third-order valence-corrected chi connectivity index (χ3v) is 2.58. The first-order valence-electron chi connectivity index (χ1n) is 5.29. The smallest absolute Gasteiger partial charge is 0.137 e. The number of pyridine rings is 1. The van der Waals surface area contributed by atoms with Crippen LogP contribution in [0, 0.1) is 0 Å². The van der Waals surface area contributed by atoms with E-state index in [1.54, 1.807) is 13.2 Å². The Balaban J connectivity index is 2.65. The van der Waals surface area contributed by atoms with E-state index in [0.29, 0.717) is 0 Å². The number of methoxy groups -OCH3 is 1. The summed E-state index contributed by atoms with van der Waals surface area (Å²) in [5, 5.41) is 10.7. The lowest BCUT2D eigenvalue weighted by Crippen LogP contribution is -1.94. The molecule has 0 unspecified atom stereocenters. The molecule has 2 rings (SSSR count). The molecule has 1 aromatic heterocycles. The Morgan fingerprint density at radius 1 is 1.25 bits per heavy atom. The molecule has 0 saturated heterocycles. The standard InChI is InChI=1S/C13H15NO2/c1-8(2)13-12(15)6-9-4-5-10(16-3)7-11(9)14-13/h4-8,15H,1-3H3. The molecule has 0 atom stereocenters. The summed E-state index contributed by atoms with van der Waals surface area (Å²) in [5.41, 5.74) is 1.57. The van der Waals surface area contributed by atoms with Gasteiger partial charge in [0.25, 0.3) is 0 Å². The Kier molecular flexibility index (Phi) is 2.69. The van der Waals surface area contributed by atoms with Gasteiger partial charge in [-0.1, -0.05) is 13.8 Å². The van der Waals surface area contributed by atoms with Gasteiger partial charge in [-0.3, -0.25) is 0 Å². The summed E-state index contributed by atoms with van der Waals surface area (Å²) < 4.78 is 5.15. The molecule has 3 nitrogen and oxygen atoms in total. The summed E-state index contributed by atoms with van der Waals surface area (Å²) in [6, 6.07) is 7.38. The molecule has 0 fully saturated rings. The summed E-state index contributed by atoms with van der Waals surface area (Å²) in [6.07, 6.45) is 0. The van der Waals surface area contributed by atoms with Gasteiger partial charge in [-0.2, -0.15) is 0 Å². The number of ether oxygens (including phenoxy) is 1. The fraction of sp³-hybridized carbons (Fsp3) is 0.308. The SMILES string of the molecule is COc1ccc2cc(O)c(C(C)C)nc2c1. The number of nitrogens with zero attached hydrogens (tertiary/aromatic N) is 1. The van der Waals surface area contributed by atoms with Gasteiger partial charge in [-0.15, -0.1) is 0 Å². The summed E-state index contributed by atoms with van der Waals surface area (Å²) in [5.74, 6) is 1.24. The first-order chi connectivity index (χ1) is 7.61. The Bertz CT molecular complexity index is 521. The highest BCUT2D eigenvalue weighted by Crippen LogP contribution is 2.28. The van der Waals surface area contributed by atoms with Crippen LogP contribution in [0.5, 0.6) is 11.5 Å². The van der Waals surface area contributed by atoms with Gasteiger partial charge >= 0.3 is 0 Å². The van der Waals surface area contributed by atoms with Crippen molar-refractivity contribution in [3.8, 4) is 11.5 Å². The molecule has 0 aliphatic heterocycles. The van der Waals surface area contributed by atoms with Crippen LogP contribution in [0.1, 0.15) is 25.5 Å². The number of hydrogen-bond acceptors (Lipinski definition) is 3. The third kappa shape index (κ3) is 1.81. The van der Waals surface area contributed by atoms with Crippen LogP contribution in [-0.4, -0.2) is 17.2 Å². The first kappa shape index (κ1) is 10.7. The summed E-state index contributed by atoms with van der Waals surface area (Å²) >= 11 is 0. The minimum Gasteiger partial charge on any atom is -0.506 e. The Morgan fingerprint density at radius 2 is 2.00 bits per heavy atom. The fourth-order valence-electron chi connectivity index (χ4n) is 1.70. The molecule has 0 aliphatic rings. The Morgan fingerprint density at radius 3 is 2.62 bits per heavy atom. The summed E-state index contributed by atoms with van der Waals surface area (Å²) in [7, 11) is 1.63. The molecule has 1 N–H and O–H groups in total. The van der Waals surface area contributed by atoms with E-state index >= 15 is 0 Å². The minimum atomic E-state index is 0.204. The van der Waals surface area contributed by atoms with Crippen LogP contribution in [0.2, 0.25) is 0 Å². The van der Waals surface area contributed by atoms with Crippen LogP contribution in [0.3, 0.4) is 0 Å². The molecule has 0 amide bonds. The van der Waals surface area contributed by atoms with Crippen molar-refractivity contribution >= 4 is 10.9 Å². The van der Waals surface area contributed by atoms with E-state index < -0.39 is 0 Å². The molecule has 2 aromatic rings. The van der Waals surface area contributed by atoms with Crippen molar-refractivity contribution in [3.63, 3.8) is 0 Å². The monoisotopic (exact) mass is 217 g/mol. The highest BCUT2D eigenvalue weighted by Gasteiger charge is 2.09. The highest BCUT2D eigenvalue weighted by atomic mass is 16.5. The maximum Gasteiger partial charge on any atom is 0.137 e. The second-order valence-corrected chi connectivity index (χ2v) is 4.11. The number of rotatable bonds is 2. The molecule has 0 radical (unpaired) electrons. The molecule has 0 spiro atoms. The van der Waals surface area contributed by atoms with E-state index in [1.807, 2.05) is 32.0 Å². The largest absolute Gasteiger partial charge is 0.506 e. The van der Waals surface area contributed by atoms with Gasteiger partial charge in [-0.05, 0) is 24.1 Å². The van der Waals surface area contributed by atoms with Crippen LogP contribution in [0.4, 0.5) is 0 Å². The number of fused-ring (bicyclic) bond motifs is 1. The van der Waals surface area contributed by atoms with Gasteiger partial charge in [0.2, 0.25) is 0 Å².